The molecule has 0 atom stereocenters. The Bertz CT molecular complexity index is 484. The van der Waals surface area contributed by atoms with Crippen LogP contribution in [-0.2, 0) is 0 Å². The molecule has 9 heteroatoms. The van der Waals surface area contributed by atoms with E-state index in [0.29, 0.717) is 12.1 Å². The second kappa shape index (κ2) is 4.71. The van der Waals surface area contributed by atoms with Crippen molar-refractivity contribution in [2.45, 2.75) is 12.1 Å². The fourth-order valence-corrected chi connectivity index (χ4v) is 1.17. The Morgan fingerprint density at radius 3 is 1.79 bits per heavy atom. The molecule has 0 bridgehead atoms. The Hall–Kier alpha value is -1.80. The summed E-state index contributed by atoms with van der Waals surface area (Å²) in [6, 6.07) is 0.644. The number of alkyl halides is 5. The molecule has 19 heavy (non-hydrogen) atoms. The highest BCUT2D eigenvalue weighted by Crippen LogP contribution is 2.39. The Balaban J connectivity index is 3.36. The molecule has 1 rings (SSSR count). The quantitative estimate of drug-likeness (QED) is 0.630. The average Bonchev–Trinajstić information content (AvgIpc) is 2.25. The monoisotopic (exact) mass is 290 g/mol. The molecule has 0 amide bonds. The first-order valence-electron chi connectivity index (χ1n) is 4.54. The van der Waals surface area contributed by atoms with Crippen LogP contribution in [0.3, 0.4) is 0 Å². The van der Waals surface area contributed by atoms with Gasteiger partial charge in [0.25, 0.3) is 0 Å². The molecule has 0 aliphatic rings. The summed E-state index contributed by atoms with van der Waals surface area (Å²) in [4.78, 5) is 11.0. The first-order chi connectivity index (χ1) is 8.52. The maximum absolute atomic E-state index is 13.2. The van der Waals surface area contributed by atoms with Gasteiger partial charge in [-0.2, -0.15) is 22.0 Å². The third kappa shape index (κ3) is 2.64. The van der Waals surface area contributed by atoms with E-state index in [0.717, 1.165) is 7.11 Å². The van der Waals surface area contributed by atoms with Crippen LogP contribution in [0.5, 0.6) is 5.75 Å². The van der Waals surface area contributed by atoms with Crippen LogP contribution in [0.15, 0.2) is 12.1 Å². The van der Waals surface area contributed by atoms with Gasteiger partial charge in [0, 0.05) is 12.1 Å². The molecule has 0 aromatic heterocycles. The van der Waals surface area contributed by atoms with E-state index in [9.17, 15) is 35.5 Å². The number of hydrogen-bond acceptors (Lipinski definition) is 2. The van der Waals surface area contributed by atoms with Crippen LogP contribution in [0.2, 0.25) is 0 Å². The van der Waals surface area contributed by atoms with E-state index in [1.807, 2.05) is 0 Å². The molecule has 0 heterocycles. The standard InChI is InChI=1S/C10H5F7O2/c1-19-4-2-5(11)7(6(12)3-4)8(18)9(13,14)10(15,16)17/h2-3H,1H3. The van der Waals surface area contributed by atoms with Crippen molar-refractivity contribution in [3.63, 3.8) is 0 Å². The largest absolute Gasteiger partial charge is 0.497 e. The molecule has 0 aliphatic heterocycles. The van der Waals surface area contributed by atoms with Crippen molar-refractivity contribution in [3.05, 3.63) is 29.3 Å². The summed E-state index contributed by atoms with van der Waals surface area (Å²) in [5.74, 6) is -13.1. The third-order valence-corrected chi connectivity index (χ3v) is 2.12. The van der Waals surface area contributed by atoms with Gasteiger partial charge in [0.2, 0.25) is 5.78 Å². The summed E-state index contributed by atoms with van der Waals surface area (Å²) >= 11 is 0. The molecule has 0 radical (unpaired) electrons. The number of carbonyl (C=O) groups is 1. The zero-order valence-electron chi connectivity index (χ0n) is 9.12. The predicted molar refractivity (Wildman–Crippen MR) is 48.2 cm³/mol. The minimum absolute atomic E-state index is 0.322. The normalized spacial score (nSPS) is 12.4. The molecule has 0 aliphatic carbocycles. The lowest BCUT2D eigenvalue weighted by molar-refractivity contribution is -0.255. The van der Waals surface area contributed by atoms with Crippen molar-refractivity contribution in [3.8, 4) is 5.75 Å². The first kappa shape index (κ1) is 15.3. The number of ketones is 1. The van der Waals surface area contributed by atoms with Crippen LogP contribution in [0, 0.1) is 11.6 Å². The number of methoxy groups -OCH3 is 1. The van der Waals surface area contributed by atoms with Crippen LogP contribution < -0.4 is 4.74 Å². The van der Waals surface area contributed by atoms with Gasteiger partial charge < -0.3 is 4.74 Å². The Morgan fingerprint density at radius 1 is 1.05 bits per heavy atom. The second-order valence-corrected chi connectivity index (χ2v) is 3.37. The van der Waals surface area contributed by atoms with Crippen molar-refractivity contribution >= 4 is 5.78 Å². The molecule has 0 spiro atoms. The van der Waals surface area contributed by atoms with Crippen LogP contribution in [0.4, 0.5) is 30.7 Å². The van der Waals surface area contributed by atoms with Crippen LogP contribution >= 0.6 is 0 Å². The summed E-state index contributed by atoms with van der Waals surface area (Å²) in [6.07, 6.45) is -6.25. The molecule has 1 aromatic carbocycles. The fraction of sp³-hybridized carbons (Fsp3) is 0.300. The van der Waals surface area contributed by atoms with Gasteiger partial charge >= 0.3 is 12.1 Å². The first-order valence-corrected chi connectivity index (χ1v) is 4.54. The third-order valence-electron chi connectivity index (χ3n) is 2.12. The van der Waals surface area contributed by atoms with E-state index in [2.05, 4.69) is 4.74 Å². The molecular formula is C10H5F7O2. The number of ether oxygens (including phenoxy) is 1. The number of benzene rings is 1. The lowest BCUT2D eigenvalue weighted by Crippen LogP contribution is -2.44. The molecule has 0 saturated carbocycles. The molecule has 0 N–H and O–H groups in total. The van der Waals surface area contributed by atoms with E-state index in [-0.39, 0.29) is 0 Å². The van der Waals surface area contributed by atoms with Gasteiger partial charge in [0.05, 0.1) is 12.7 Å². The van der Waals surface area contributed by atoms with Crippen LogP contribution in [-0.4, -0.2) is 25.0 Å². The minimum atomic E-state index is -6.25. The molecule has 0 unspecified atom stereocenters. The summed E-state index contributed by atoms with van der Waals surface area (Å²) < 4.78 is 92.1. The van der Waals surface area contributed by atoms with Crippen molar-refractivity contribution in [1.29, 1.82) is 0 Å². The topological polar surface area (TPSA) is 26.3 Å². The SMILES string of the molecule is COc1cc(F)c(C(=O)C(F)(F)C(F)(F)F)c(F)c1. The van der Waals surface area contributed by atoms with Gasteiger partial charge in [-0.1, -0.05) is 0 Å². The van der Waals surface area contributed by atoms with Crippen molar-refractivity contribution < 1.29 is 40.3 Å². The van der Waals surface area contributed by atoms with Crippen molar-refractivity contribution in [2.75, 3.05) is 7.11 Å². The summed E-state index contributed by atoms with van der Waals surface area (Å²) in [5, 5.41) is 0. The maximum Gasteiger partial charge on any atom is 0.461 e. The van der Waals surface area contributed by atoms with Gasteiger partial charge in [0.15, 0.2) is 0 Å². The summed E-state index contributed by atoms with van der Waals surface area (Å²) in [6.45, 7) is 0. The highest BCUT2D eigenvalue weighted by molar-refractivity contribution is 6.02. The molecule has 0 fully saturated rings. The highest BCUT2D eigenvalue weighted by atomic mass is 19.4. The number of carbonyl (C=O) groups excluding carboxylic acids is 1. The predicted octanol–water partition coefficient (Wildman–Crippen LogP) is 3.35. The lowest BCUT2D eigenvalue weighted by atomic mass is 10.0. The Morgan fingerprint density at radius 2 is 1.47 bits per heavy atom. The summed E-state index contributed by atoms with van der Waals surface area (Å²) in [5.41, 5.74) is -1.97. The maximum atomic E-state index is 13.2. The number of hydrogen-bond donors (Lipinski definition) is 0. The molecule has 2 nitrogen and oxygen atoms in total. The average molecular weight is 290 g/mol. The van der Waals surface area contributed by atoms with Crippen molar-refractivity contribution in [2.24, 2.45) is 0 Å². The highest BCUT2D eigenvalue weighted by Gasteiger charge is 2.64. The van der Waals surface area contributed by atoms with E-state index in [1.165, 1.54) is 0 Å². The lowest BCUT2D eigenvalue weighted by Gasteiger charge is -2.18. The van der Waals surface area contributed by atoms with Gasteiger partial charge in [-0.05, 0) is 0 Å². The van der Waals surface area contributed by atoms with Gasteiger partial charge in [0.1, 0.15) is 17.4 Å². The van der Waals surface area contributed by atoms with E-state index >= 15 is 0 Å². The van der Waals surface area contributed by atoms with E-state index < -0.39 is 40.8 Å². The van der Waals surface area contributed by atoms with Gasteiger partial charge in [-0.3, -0.25) is 4.79 Å². The second-order valence-electron chi connectivity index (χ2n) is 3.37. The van der Waals surface area contributed by atoms with Crippen LogP contribution in [0.1, 0.15) is 10.4 Å². The Kier molecular flexibility index (Phi) is 3.78. The van der Waals surface area contributed by atoms with Crippen LogP contribution in [0.25, 0.3) is 0 Å². The molecule has 0 saturated heterocycles. The fourth-order valence-electron chi connectivity index (χ4n) is 1.17. The zero-order chi connectivity index (χ0) is 15.0. The Labute approximate surface area is 101 Å². The number of rotatable bonds is 3. The molecule has 1 aromatic rings. The minimum Gasteiger partial charge on any atom is -0.497 e. The smallest absolute Gasteiger partial charge is 0.461 e. The zero-order valence-corrected chi connectivity index (χ0v) is 9.12. The molecule has 106 valence electrons. The molecular weight excluding hydrogens is 285 g/mol. The summed E-state index contributed by atoms with van der Waals surface area (Å²) in [7, 11) is 0.986. The number of Topliss-reactive ketones (excluding diaryl/α,β-unsaturated/α-hetero) is 1. The van der Waals surface area contributed by atoms with E-state index in [1.54, 1.807) is 0 Å². The van der Waals surface area contributed by atoms with Gasteiger partial charge in [-0.15, -0.1) is 0 Å². The van der Waals surface area contributed by atoms with Gasteiger partial charge in [-0.25, -0.2) is 8.78 Å². The number of halogens is 7. The van der Waals surface area contributed by atoms with Crippen molar-refractivity contribution in [1.82, 2.24) is 0 Å². The van der Waals surface area contributed by atoms with E-state index in [4.69, 9.17) is 0 Å².